The van der Waals surface area contributed by atoms with Crippen molar-refractivity contribution in [3.8, 4) is 0 Å². The first-order valence-corrected chi connectivity index (χ1v) is 7.78. The van der Waals surface area contributed by atoms with Crippen molar-refractivity contribution in [2.45, 2.75) is 24.8 Å². The zero-order chi connectivity index (χ0) is 15.4. The highest BCUT2D eigenvalue weighted by atomic mass is 16.5. The van der Waals surface area contributed by atoms with E-state index in [4.69, 9.17) is 4.74 Å². The van der Waals surface area contributed by atoms with Crippen molar-refractivity contribution in [2.24, 2.45) is 11.8 Å². The topological polar surface area (TPSA) is 46.6 Å². The zero-order valence-electron chi connectivity index (χ0n) is 12.8. The van der Waals surface area contributed by atoms with E-state index in [1.54, 1.807) is 6.08 Å². The molecule has 0 bridgehead atoms. The molecule has 114 valence electrons. The highest BCUT2D eigenvalue weighted by molar-refractivity contribution is 5.97. The van der Waals surface area contributed by atoms with Gasteiger partial charge in [0.2, 0.25) is 5.91 Å². The van der Waals surface area contributed by atoms with E-state index in [1.165, 1.54) is 18.2 Å². The molecule has 0 aromatic heterocycles. The summed E-state index contributed by atoms with van der Waals surface area (Å²) in [4.78, 5) is 26.4. The Morgan fingerprint density at radius 3 is 2.82 bits per heavy atom. The molecule has 4 nitrogen and oxygen atoms in total. The Labute approximate surface area is 129 Å². The number of aryl methyl sites for hydroxylation is 1. The molecule has 1 fully saturated rings. The summed E-state index contributed by atoms with van der Waals surface area (Å²) in [6.45, 7) is 0. The molecule has 1 aromatic carbocycles. The van der Waals surface area contributed by atoms with Crippen LogP contribution in [0, 0.1) is 11.8 Å². The zero-order valence-corrected chi connectivity index (χ0v) is 12.8. The van der Waals surface area contributed by atoms with Crippen LogP contribution < -0.4 is 0 Å². The van der Waals surface area contributed by atoms with Gasteiger partial charge >= 0.3 is 5.97 Å². The first-order chi connectivity index (χ1) is 10.6. The SMILES string of the molecule is COC(=O)C1=CC2C(=O)N(C)C3CCc4ccccc4C3C12. The van der Waals surface area contributed by atoms with E-state index in [1.807, 2.05) is 18.0 Å². The lowest BCUT2D eigenvalue weighted by Crippen LogP contribution is -2.58. The first-order valence-electron chi connectivity index (χ1n) is 7.78. The summed E-state index contributed by atoms with van der Waals surface area (Å²) in [6, 6.07) is 8.60. The molecule has 0 saturated carbocycles. The number of ether oxygens (including phenoxy) is 1. The Morgan fingerprint density at radius 2 is 2.05 bits per heavy atom. The van der Waals surface area contributed by atoms with Crippen LogP contribution in [0.5, 0.6) is 0 Å². The molecule has 4 heteroatoms. The normalized spacial score (nSPS) is 32.2. The van der Waals surface area contributed by atoms with Crippen LogP contribution in [0.2, 0.25) is 0 Å². The van der Waals surface area contributed by atoms with Crippen LogP contribution in [0.25, 0.3) is 0 Å². The molecule has 1 amide bonds. The Morgan fingerprint density at radius 1 is 1.27 bits per heavy atom. The van der Waals surface area contributed by atoms with Crippen LogP contribution in [0.15, 0.2) is 35.9 Å². The van der Waals surface area contributed by atoms with Gasteiger partial charge in [0.1, 0.15) is 0 Å². The highest BCUT2D eigenvalue weighted by Gasteiger charge is 2.55. The molecule has 0 spiro atoms. The number of likely N-dealkylation sites (tertiary alicyclic amines) is 1. The number of carbonyl (C=O) groups excluding carboxylic acids is 2. The number of benzene rings is 1. The Kier molecular flexibility index (Phi) is 2.90. The van der Waals surface area contributed by atoms with Gasteiger partial charge in [0.25, 0.3) is 0 Å². The van der Waals surface area contributed by atoms with E-state index >= 15 is 0 Å². The average molecular weight is 297 g/mol. The number of methoxy groups -OCH3 is 1. The molecule has 1 aliphatic heterocycles. The number of hydrogen-bond acceptors (Lipinski definition) is 3. The fraction of sp³-hybridized carbons (Fsp3) is 0.444. The van der Waals surface area contributed by atoms with Gasteiger partial charge in [-0.25, -0.2) is 4.79 Å². The predicted octanol–water partition coefficient (Wildman–Crippen LogP) is 1.90. The number of fused-ring (bicyclic) bond motifs is 5. The Hall–Kier alpha value is -2.10. The third-order valence-corrected chi connectivity index (χ3v) is 5.58. The molecule has 0 N–H and O–H groups in total. The van der Waals surface area contributed by atoms with Gasteiger partial charge < -0.3 is 9.64 Å². The van der Waals surface area contributed by atoms with Gasteiger partial charge in [-0.2, -0.15) is 0 Å². The molecule has 0 radical (unpaired) electrons. The molecule has 3 aliphatic rings. The number of likely N-dealkylation sites (N-methyl/N-ethyl adjacent to an activating group) is 1. The maximum absolute atomic E-state index is 12.5. The molecule has 2 aliphatic carbocycles. The molecule has 22 heavy (non-hydrogen) atoms. The lowest BCUT2D eigenvalue weighted by molar-refractivity contribution is -0.146. The molecule has 4 rings (SSSR count). The second-order valence-corrected chi connectivity index (χ2v) is 6.44. The first kappa shape index (κ1) is 13.6. The van der Waals surface area contributed by atoms with Gasteiger partial charge in [-0.3, -0.25) is 4.79 Å². The Balaban J connectivity index is 1.82. The van der Waals surface area contributed by atoms with E-state index in [9.17, 15) is 9.59 Å². The quantitative estimate of drug-likeness (QED) is 0.744. The number of esters is 1. The van der Waals surface area contributed by atoms with Crippen molar-refractivity contribution in [3.63, 3.8) is 0 Å². The lowest BCUT2D eigenvalue weighted by atomic mass is 9.58. The number of piperidine rings is 1. The van der Waals surface area contributed by atoms with Crippen LogP contribution in [0.3, 0.4) is 0 Å². The minimum Gasteiger partial charge on any atom is -0.466 e. The predicted molar refractivity (Wildman–Crippen MR) is 81.1 cm³/mol. The van der Waals surface area contributed by atoms with Gasteiger partial charge in [-0.05, 0) is 24.0 Å². The van der Waals surface area contributed by atoms with E-state index in [0.717, 1.165) is 12.8 Å². The fourth-order valence-electron chi connectivity index (χ4n) is 4.49. The summed E-state index contributed by atoms with van der Waals surface area (Å²) in [5.74, 6) is -0.149. The standard InChI is InChI=1S/C18H19NO3/c1-19-14-8-7-10-5-3-4-6-11(10)16(14)15-12(17(19)20)9-13(15)18(21)22-2/h3-6,9,12,14-16H,7-8H2,1-2H3. The Bertz CT molecular complexity index is 693. The van der Waals surface area contributed by atoms with Gasteiger partial charge in [0.05, 0.1) is 13.0 Å². The van der Waals surface area contributed by atoms with Crippen LogP contribution >= 0.6 is 0 Å². The van der Waals surface area contributed by atoms with Crippen LogP contribution in [-0.4, -0.2) is 37.0 Å². The number of nitrogens with zero attached hydrogens (tertiary/aromatic N) is 1. The van der Waals surface area contributed by atoms with Gasteiger partial charge in [-0.1, -0.05) is 30.3 Å². The van der Waals surface area contributed by atoms with Gasteiger partial charge in [-0.15, -0.1) is 0 Å². The summed E-state index contributed by atoms with van der Waals surface area (Å²) < 4.78 is 4.90. The summed E-state index contributed by atoms with van der Waals surface area (Å²) >= 11 is 0. The fourth-order valence-corrected chi connectivity index (χ4v) is 4.49. The molecular formula is C18H19NO3. The second-order valence-electron chi connectivity index (χ2n) is 6.44. The van der Waals surface area contributed by atoms with E-state index in [-0.39, 0.29) is 35.7 Å². The van der Waals surface area contributed by atoms with Crippen molar-refractivity contribution in [3.05, 3.63) is 47.0 Å². The van der Waals surface area contributed by atoms with E-state index < -0.39 is 0 Å². The monoisotopic (exact) mass is 297 g/mol. The van der Waals surface area contributed by atoms with Crippen molar-refractivity contribution >= 4 is 11.9 Å². The molecule has 1 aromatic rings. The van der Waals surface area contributed by atoms with Gasteiger partial charge in [0, 0.05) is 30.5 Å². The summed E-state index contributed by atoms with van der Waals surface area (Å²) in [6.07, 6.45) is 3.74. The summed E-state index contributed by atoms with van der Waals surface area (Å²) in [7, 11) is 3.30. The number of hydrogen-bond donors (Lipinski definition) is 0. The average Bonchev–Trinajstić information content (AvgIpc) is 2.52. The molecular weight excluding hydrogens is 278 g/mol. The lowest BCUT2D eigenvalue weighted by Gasteiger charge is -2.53. The van der Waals surface area contributed by atoms with Crippen molar-refractivity contribution < 1.29 is 14.3 Å². The second kappa shape index (κ2) is 4.70. The van der Waals surface area contributed by atoms with Gasteiger partial charge in [0.15, 0.2) is 0 Å². The van der Waals surface area contributed by atoms with Crippen LogP contribution in [0.1, 0.15) is 23.5 Å². The molecule has 4 unspecified atom stereocenters. The van der Waals surface area contributed by atoms with Crippen molar-refractivity contribution in [2.75, 3.05) is 14.2 Å². The third kappa shape index (κ3) is 1.64. The summed E-state index contributed by atoms with van der Waals surface area (Å²) in [5.41, 5.74) is 3.32. The largest absolute Gasteiger partial charge is 0.466 e. The minimum absolute atomic E-state index is 0.0254. The molecule has 1 heterocycles. The van der Waals surface area contributed by atoms with Crippen LogP contribution in [0.4, 0.5) is 0 Å². The van der Waals surface area contributed by atoms with Crippen molar-refractivity contribution in [1.29, 1.82) is 0 Å². The third-order valence-electron chi connectivity index (χ3n) is 5.58. The van der Waals surface area contributed by atoms with Crippen molar-refractivity contribution in [1.82, 2.24) is 4.90 Å². The number of carbonyl (C=O) groups is 2. The molecule has 1 saturated heterocycles. The smallest absolute Gasteiger partial charge is 0.333 e. The van der Waals surface area contributed by atoms with E-state index in [2.05, 4.69) is 18.2 Å². The van der Waals surface area contributed by atoms with Crippen LogP contribution in [-0.2, 0) is 20.7 Å². The number of amides is 1. The highest BCUT2D eigenvalue weighted by Crippen LogP contribution is 2.53. The maximum atomic E-state index is 12.5. The molecule has 4 atom stereocenters. The summed E-state index contributed by atoms with van der Waals surface area (Å²) in [5, 5.41) is 0. The maximum Gasteiger partial charge on any atom is 0.333 e. The number of rotatable bonds is 1. The van der Waals surface area contributed by atoms with E-state index in [0.29, 0.717) is 5.57 Å². The minimum atomic E-state index is -0.291.